The first-order valence-electron chi connectivity index (χ1n) is 12.0. The number of benzene rings is 1. The van der Waals surface area contributed by atoms with Gasteiger partial charge in [0.15, 0.2) is 22.7 Å². The number of carbonyl (C=O) groups is 2. The molecule has 2 aromatic heterocycles. The highest BCUT2D eigenvalue weighted by Gasteiger charge is 2.18. The van der Waals surface area contributed by atoms with Crippen LogP contribution in [0, 0.1) is 0 Å². The van der Waals surface area contributed by atoms with E-state index in [0.717, 1.165) is 18.7 Å². The number of H-pyrrole nitrogens is 1. The summed E-state index contributed by atoms with van der Waals surface area (Å²) in [6.07, 6.45) is 8.13. The number of aromatic amines is 1. The molecule has 0 atom stereocenters. The number of methoxy groups -OCH3 is 1. The first-order valence-corrected chi connectivity index (χ1v) is 12.0. The van der Waals surface area contributed by atoms with Crippen molar-refractivity contribution >= 4 is 28.7 Å². The Morgan fingerprint density at radius 1 is 1.11 bits per heavy atom. The Hall–Kier alpha value is -4.27. The summed E-state index contributed by atoms with van der Waals surface area (Å²) in [5, 5.41) is 0. The number of rotatable bonds is 7. The summed E-state index contributed by atoms with van der Waals surface area (Å²) < 4.78 is 11.2. The highest BCUT2D eigenvalue weighted by Crippen LogP contribution is 2.15. The maximum absolute atomic E-state index is 12.8. The highest BCUT2D eigenvalue weighted by atomic mass is 16.5. The van der Waals surface area contributed by atoms with Crippen LogP contribution < -0.4 is 5.56 Å². The second-order valence-corrected chi connectivity index (χ2v) is 6.82. The summed E-state index contributed by atoms with van der Waals surface area (Å²) in [4.78, 5) is 47.2. The first-order chi connectivity index (χ1) is 17.9. The fourth-order valence-electron chi connectivity index (χ4n) is 2.55. The van der Waals surface area contributed by atoms with E-state index in [9.17, 15) is 14.4 Å². The number of imidazole rings is 1. The van der Waals surface area contributed by atoms with Crippen LogP contribution in [0.4, 0.5) is 0 Å². The van der Waals surface area contributed by atoms with E-state index in [1.807, 2.05) is 77.1 Å². The highest BCUT2D eigenvalue weighted by molar-refractivity contribution is 6.39. The Kier molecular flexibility index (Phi) is 16.8. The minimum Gasteiger partial charge on any atom is -0.490 e. The topological polar surface area (TPSA) is 116 Å². The van der Waals surface area contributed by atoms with Crippen molar-refractivity contribution in [3.05, 3.63) is 89.3 Å². The minimum absolute atomic E-state index is 0.0184. The van der Waals surface area contributed by atoms with E-state index in [0.29, 0.717) is 6.54 Å². The third kappa shape index (κ3) is 10.9. The van der Waals surface area contributed by atoms with Gasteiger partial charge in [0.05, 0.1) is 20.3 Å². The predicted octanol–water partition coefficient (Wildman–Crippen LogP) is 5.09. The fraction of sp³-hybridized carbons (Fsp3) is 0.321. The lowest BCUT2D eigenvalue weighted by atomic mass is 10.2. The number of nitrogens with zero attached hydrogens (tertiary/aromatic N) is 3. The SMILES string of the molecule is C/C=C/C.C=CC.CC.CCO/C(=C\C(=O)C(=O)OC)c1nc2ncn(Cc3ccccc3)c(=O)c2[nH]1. The zero-order chi connectivity index (χ0) is 28.2. The van der Waals surface area contributed by atoms with Gasteiger partial charge in [-0.1, -0.05) is 62.4 Å². The molecule has 37 heavy (non-hydrogen) atoms. The van der Waals surface area contributed by atoms with Gasteiger partial charge in [0, 0.05) is 6.08 Å². The quantitative estimate of drug-likeness (QED) is 0.155. The van der Waals surface area contributed by atoms with Gasteiger partial charge in [0.1, 0.15) is 6.33 Å². The van der Waals surface area contributed by atoms with Crippen LogP contribution in [0.3, 0.4) is 0 Å². The molecule has 0 aliphatic rings. The molecule has 9 nitrogen and oxygen atoms in total. The molecule has 0 spiro atoms. The smallest absolute Gasteiger partial charge is 0.378 e. The lowest BCUT2D eigenvalue weighted by Crippen LogP contribution is -2.21. The number of allylic oxidation sites excluding steroid dienone is 3. The first kappa shape index (κ1) is 32.7. The number of carbonyl (C=O) groups excluding carboxylic acids is 2. The van der Waals surface area contributed by atoms with Crippen LogP contribution in [0.25, 0.3) is 16.9 Å². The van der Waals surface area contributed by atoms with Crippen LogP contribution in [0.2, 0.25) is 0 Å². The maximum Gasteiger partial charge on any atom is 0.378 e. The van der Waals surface area contributed by atoms with Crippen molar-refractivity contribution in [2.75, 3.05) is 13.7 Å². The van der Waals surface area contributed by atoms with Gasteiger partial charge in [-0.05, 0) is 33.3 Å². The van der Waals surface area contributed by atoms with Gasteiger partial charge < -0.3 is 14.5 Å². The van der Waals surface area contributed by atoms with Gasteiger partial charge in [0.25, 0.3) is 11.3 Å². The monoisotopic (exact) mass is 510 g/mol. The van der Waals surface area contributed by atoms with Crippen LogP contribution in [0.5, 0.6) is 0 Å². The van der Waals surface area contributed by atoms with Crippen LogP contribution in [-0.4, -0.2) is 45.0 Å². The summed E-state index contributed by atoms with van der Waals surface area (Å²) >= 11 is 0. The summed E-state index contributed by atoms with van der Waals surface area (Å²) in [6, 6.07) is 9.48. The molecule has 0 aliphatic carbocycles. The number of fused-ring (bicyclic) bond motifs is 1. The molecule has 0 aliphatic heterocycles. The molecule has 3 rings (SSSR count). The average Bonchev–Trinajstić information content (AvgIpc) is 3.37. The van der Waals surface area contributed by atoms with Gasteiger partial charge in [-0.15, -0.1) is 6.58 Å². The van der Waals surface area contributed by atoms with Gasteiger partial charge >= 0.3 is 5.97 Å². The molecule has 0 bridgehead atoms. The number of hydrogen-bond donors (Lipinski definition) is 1. The fourth-order valence-corrected chi connectivity index (χ4v) is 2.55. The molecule has 0 unspecified atom stereocenters. The second kappa shape index (κ2) is 19.0. The van der Waals surface area contributed by atoms with Crippen LogP contribution in [0.1, 0.15) is 52.9 Å². The molecule has 0 saturated heterocycles. The van der Waals surface area contributed by atoms with Gasteiger partial charge in [-0.2, -0.15) is 0 Å². The Bertz CT molecular complexity index is 1220. The van der Waals surface area contributed by atoms with E-state index >= 15 is 0 Å². The van der Waals surface area contributed by atoms with Gasteiger partial charge in [-0.25, -0.2) is 14.8 Å². The molecule has 0 fully saturated rings. The minimum atomic E-state index is -1.03. The third-order valence-electron chi connectivity index (χ3n) is 4.19. The molecule has 1 aromatic carbocycles. The number of nitrogens with one attached hydrogen (secondary N) is 1. The number of ketones is 1. The van der Waals surface area contributed by atoms with Crippen molar-refractivity contribution in [1.82, 2.24) is 19.5 Å². The number of aromatic nitrogens is 4. The van der Waals surface area contributed by atoms with E-state index in [1.165, 1.54) is 10.9 Å². The summed E-state index contributed by atoms with van der Waals surface area (Å²) in [7, 11) is 1.11. The van der Waals surface area contributed by atoms with Gasteiger partial charge in [0.2, 0.25) is 0 Å². The van der Waals surface area contributed by atoms with Gasteiger partial charge in [-0.3, -0.25) is 14.2 Å². The summed E-state index contributed by atoms with van der Waals surface area (Å²) in [6.45, 7) is 15.5. The molecule has 200 valence electrons. The van der Waals surface area contributed by atoms with Crippen molar-refractivity contribution in [1.29, 1.82) is 0 Å². The van der Waals surface area contributed by atoms with E-state index in [2.05, 4.69) is 26.3 Å². The van der Waals surface area contributed by atoms with E-state index in [-0.39, 0.29) is 34.9 Å². The zero-order valence-electron chi connectivity index (χ0n) is 22.8. The Labute approximate surface area is 218 Å². The molecule has 2 heterocycles. The molecular weight excluding hydrogens is 472 g/mol. The van der Waals surface area contributed by atoms with Crippen LogP contribution in [-0.2, 0) is 25.6 Å². The van der Waals surface area contributed by atoms with Crippen molar-refractivity contribution in [3.8, 4) is 0 Å². The maximum atomic E-state index is 12.8. The summed E-state index contributed by atoms with van der Waals surface area (Å²) in [5.41, 5.74) is 0.983. The van der Waals surface area contributed by atoms with Crippen molar-refractivity contribution in [2.45, 2.75) is 48.1 Å². The lowest BCUT2D eigenvalue weighted by Gasteiger charge is -2.05. The number of hydrogen-bond acceptors (Lipinski definition) is 7. The molecule has 9 heteroatoms. The van der Waals surface area contributed by atoms with Crippen molar-refractivity contribution in [2.24, 2.45) is 0 Å². The normalized spacial score (nSPS) is 10.2. The van der Waals surface area contributed by atoms with E-state index in [4.69, 9.17) is 4.74 Å². The third-order valence-corrected chi connectivity index (χ3v) is 4.19. The average molecular weight is 511 g/mol. The Morgan fingerprint density at radius 2 is 1.70 bits per heavy atom. The summed E-state index contributed by atoms with van der Waals surface area (Å²) in [5.74, 6) is -1.79. The van der Waals surface area contributed by atoms with Crippen LogP contribution >= 0.6 is 0 Å². The lowest BCUT2D eigenvalue weighted by molar-refractivity contribution is -0.149. The molecule has 0 saturated carbocycles. The number of ether oxygens (including phenoxy) is 2. The largest absolute Gasteiger partial charge is 0.490 e. The second-order valence-electron chi connectivity index (χ2n) is 6.82. The molecular formula is C28H38N4O5. The molecule has 0 radical (unpaired) electrons. The van der Waals surface area contributed by atoms with Crippen molar-refractivity contribution in [3.63, 3.8) is 0 Å². The molecule has 1 N–H and O–H groups in total. The number of esters is 1. The van der Waals surface area contributed by atoms with Crippen LogP contribution in [0.15, 0.2) is 72.3 Å². The Balaban J connectivity index is 0.00000126. The zero-order valence-corrected chi connectivity index (χ0v) is 22.8. The van der Waals surface area contributed by atoms with E-state index in [1.54, 1.807) is 13.0 Å². The molecule has 0 amide bonds. The molecule has 3 aromatic rings. The predicted molar refractivity (Wildman–Crippen MR) is 148 cm³/mol. The van der Waals surface area contributed by atoms with E-state index < -0.39 is 11.8 Å². The standard InChI is InChI=1S/C19H18N4O5.C4H8.C3H6.C2H6/c1-3-28-14(9-13(24)19(26)27-2)16-21-15-17(22-16)20-11-23(18(15)25)10-12-7-5-4-6-8-12;1-3-4-2;1-3-2;1-2/h4-9,11H,3,10H2,1-2H3,(H,21,22);3-4H,1-2H3;3H,1H2,2H3;1-2H3/b14-9-;4-3+;;. The Morgan fingerprint density at radius 3 is 2.22 bits per heavy atom. The van der Waals surface area contributed by atoms with Crippen molar-refractivity contribution < 1.29 is 19.1 Å².